The SMILES string of the molecule is NC(c1ccc(OC(F)(F)F)cc1)c1cc(Br)ccc1F. The van der Waals surface area contributed by atoms with Gasteiger partial charge in [-0.05, 0) is 35.9 Å². The summed E-state index contributed by atoms with van der Waals surface area (Å²) >= 11 is 3.21. The Balaban J connectivity index is 2.24. The normalized spacial score (nSPS) is 13.0. The van der Waals surface area contributed by atoms with Gasteiger partial charge in [0.15, 0.2) is 0 Å². The van der Waals surface area contributed by atoms with Crippen molar-refractivity contribution in [1.29, 1.82) is 0 Å². The predicted octanol–water partition coefficient (Wildman–Crippen LogP) is 4.53. The fourth-order valence-electron chi connectivity index (χ4n) is 1.81. The van der Waals surface area contributed by atoms with Gasteiger partial charge in [-0.25, -0.2) is 4.39 Å². The number of rotatable bonds is 3. The Bertz CT molecular complexity index is 628. The molecule has 0 bridgehead atoms. The third-order valence-electron chi connectivity index (χ3n) is 2.77. The molecule has 2 N–H and O–H groups in total. The van der Waals surface area contributed by atoms with E-state index in [1.165, 1.54) is 30.3 Å². The van der Waals surface area contributed by atoms with Gasteiger partial charge in [-0.3, -0.25) is 0 Å². The summed E-state index contributed by atoms with van der Waals surface area (Å²) in [5, 5.41) is 0. The Morgan fingerprint density at radius 3 is 2.24 bits per heavy atom. The van der Waals surface area contributed by atoms with Crippen LogP contribution >= 0.6 is 15.9 Å². The second-order valence-corrected chi connectivity index (χ2v) is 5.18. The minimum atomic E-state index is -4.75. The zero-order chi connectivity index (χ0) is 15.6. The van der Waals surface area contributed by atoms with Crippen molar-refractivity contribution in [2.75, 3.05) is 0 Å². The van der Waals surface area contributed by atoms with Crippen LogP contribution in [0.25, 0.3) is 0 Å². The molecule has 7 heteroatoms. The second kappa shape index (κ2) is 6.03. The number of alkyl halides is 3. The van der Waals surface area contributed by atoms with E-state index in [0.717, 1.165) is 12.1 Å². The number of hydrogen-bond acceptors (Lipinski definition) is 2. The predicted molar refractivity (Wildman–Crippen MR) is 73.3 cm³/mol. The van der Waals surface area contributed by atoms with E-state index in [1.54, 1.807) is 0 Å². The highest BCUT2D eigenvalue weighted by Crippen LogP contribution is 2.28. The number of benzene rings is 2. The van der Waals surface area contributed by atoms with E-state index in [1.807, 2.05) is 0 Å². The molecule has 0 radical (unpaired) electrons. The van der Waals surface area contributed by atoms with Crippen molar-refractivity contribution < 1.29 is 22.3 Å². The Morgan fingerprint density at radius 2 is 1.67 bits per heavy atom. The second-order valence-electron chi connectivity index (χ2n) is 4.26. The van der Waals surface area contributed by atoms with Crippen LogP contribution in [0.5, 0.6) is 5.75 Å². The van der Waals surface area contributed by atoms with Gasteiger partial charge in [0, 0.05) is 10.0 Å². The smallest absolute Gasteiger partial charge is 0.406 e. The molecule has 0 heterocycles. The van der Waals surface area contributed by atoms with Crippen molar-refractivity contribution in [3.63, 3.8) is 0 Å². The van der Waals surface area contributed by atoms with Crippen LogP contribution in [0.15, 0.2) is 46.9 Å². The standard InChI is InChI=1S/C14H10BrF4NO/c15-9-3-6-12(16)11(7-9)13(20)8-1-4-10(5-2-8)21-14(17,18)19/h1-7,13H,20H2. The molecule has 0 aliphatic heterocycles. The molecule has 0 fully saturated rings. The number of ether oxygens (including phenoxy) is 1. The molecule has 112 valence electrons. The van der Waals surface area contributed by atoms with Gasteiger partial charge in [0.2, 0.25) is 0 Å². The average molecular weight is 364 g/mol. The first-order chi connectivity index (χ1) is 9.76. The summed E-state index contributed by atoms with van der Waals surface area (Å²) in [7, 11) is 0. The largest absolute Gasteiger partial charge is 0.573 e. The highest BCUT2D eigenvalue weighted by atomic mass is 79.9. The van der Waals surface area contributed by atoms with E-state index in [4.69, 9.17) is 5.73 Å². The third-order valence-corrected chi connectivity index (χ3v) is 3.26. The van der Waals surface area contributed by atoms with Crippen LogP contribution in [-0.4, -0.2) is 6.36 Å². The van der Waals surface area contributed by atoms with E-state index >= 15 is 0 Å². The molecule has 0 aromatic heterocycles. The van der Waals surface area contributed by atoms with Crippen molar-refractivity contribution in [1.82, 2.24) is 0 Å². The number of halogens is 5. The lowest BCUT2D eigenvalue weighted by Gasteiger charge is -2.15. The van der Waals surface area contributed by atoms with Crippen molar-refractivity contribution in [2.24, 2.45) is 5.73 Å². The van der Waals surface area contributed by atoms with E-state index in [2.05, 4.69) is 20.7 Å². The molecule has 2 aromatic carbocycles. The van der Waals surface area contributed by atoms with Crippen LogP contribution < -0.4 is 10.5 Å². The Labute approximate surface area is 126 Å². The van der Waals surface area contributed by atoms with Crippen LogP contribution in [0.1, 0.15) is 17.2 Å². The zero-order valence-corrected chi connectivity index (χ0v) is 12.1. The highest BCUT2D eigenvalue weighted by molar-refractivity contribution is 9.10. The summed E-state index contributed by atoms with van der Waals surface area (Å²) in [6, 6.07) is 8.55. The zero-order valence-electron chi connectivity index (χ0n) is 10.5. The fraction of sp³-hybridized carbons (Fsp3) is 0.143. The number of nitrogens with two attached hydrogens (primary N) is 1. The van der Waals surface area contributed by atoms with Gasteiger partial charge in [-0.2, -0.15) is 0 Å². The van der Waals surface area contributed by atoms with Crippen molar-refractivity contribution in [2.45, 2.75) is 12.4 Å². The molecule has 2 nitrogen and oxygen atoms in total. The third kappa shape index (κ3) is 4.18. The van der Waals surface area contributed by atoms with E-state index < -0.39 is 18.2 Å². The topological polar surface area (TPSA) is 35.2 Å². The molecular formula is C14H10BrF4NO. The molecule has 2 aromatic rings. The maximum Gasteiger partial charge on any atom is 0.573 e. The van der Waals surface area contributed by atoms with E-state index in [-0.39, 0.29) is 11.3 Å². The molecule has 0 saturated heterocycles. The summed E-state index contributed by atoms with van der Waals surface area (Å²) in [5.41, 5.74) is 6.66. The number of hydrogen-bond donors (Lipinski definition) is 1. The minimum Gasteiger partial charge on any atom is -0.406 e. The van der Waals surface area contributed by atoms with Crippen molar-refractivity contribution in [3.05, 3.63) is 63.9 Å². The molecule has 0 aliphatic rings. The lowest BCUT2D eigenvalue weighted by molar-refractivity contribution is -0.274. The Hall–Kier alpha value is -1.60. The quantitative estimate of drug-likeness (QED) is 0.812. The van der Waals surface area contributed by atoms with Crippen molar-refractivity contribution in [3.8, 4) is 5.75 Å². The van der Waals surface area contributed by atoms with Gasteiger partial charge in [-0.15, -0.1) is 13.2 Å². The summed E-state index contributed by atoms with van der Waals surface area (Å²) in [6.45, 7) is 0. The first-order valence-electron chi connectivity index (χ1n) is 5.82. The van der Waals surface area contributed by atoms with Crippen LogP contribution in [-0.2, 0) is 0 Å². The fourth-order valence-corrected chi connectivity index (χ4v) is 2.19. The van der Waals surface area contributed by atoms with Crippen LogP contribution in [0.2, 0.25) is 0 Å². The van der Waals surface area contributed by atoms with Gasteiger partial charge in [0.05, 0.1) is 6.04 Å². The van der Waals surface area contributed by atoms with Crippen LogP contribution in [0.4, 0.5) is 17.6 Å². The average Bonchev–Trinajstić information content (AvgIpc) is 2.40. The van der Waals surface area contributed by atoms with Crippen LogP contribution in [0.3, 0.4) is 0 Å². The van der Waals surface area contributed by atoms with Gasteiger partial charge in [0.1, 0.15) is 11.6 Å². The maximum atomic E-state index is 13.7. The molecule has 1 unspecified atom stereocenters. The van der Waals surface area contributed by atoms with E-state index in [9.17, 15) is 17.6 Å². The summed E-state index contributed by atoms with van der Waals surface area (Å²) < 4.78 is 54.3. The molecule has 0 aliphatic carbocycles. The molecule has 0 saturated carbocycles. The minimum absolute atomic E-state index is 0.244. The highest BCUT2D eigenvalue weighted by Gasteiger charge is 2.31. The molecule has 0 amide bonds. The Kier molecular flexibility index (Phi) is 4.53. The lowest BCUT2D eigenvalue weighted by Crippen LogP contribution is -2.17. The molecule has 2 rings (SSSR count). The van der Waals surface area contributed by atoms with Gasteiger partial charge < -0.3 is 10.5 Å². The monoisotopic (exact) mass is 363 g/mol. The first kappa shape index (κ1) is 15.8. The molecule has 21 heavy (non-hydrogen) atoms. The molecule has 1 atom stereocenters. The van der Waals surface area contributed by atoms with Gasteiger partial charge >= 0.3 is 6.36 Å². The maximum absolute atomic E-state index is 13.7. The van der Waals surface area contributed by atoms with Gasteiger partial charge in [-0.1, -0.05) is 28.1 Å². The summed E-state index contributed by atoms with van der Waals surface area (Å²) in [5.74, 6) is -0.838. The summed E-state index contributed by atoms with van der Waals surface area (Å²) in [6.07, 6.45) is -4.75. The first-order valence-corrected chi connectivity index (χ1v) is 6.62. The van der Waals surface area contributed by atoms with Gasteiger partial charge in [0.25, 0.3) is 0 Å². The van der Waals surface area contributed by atoms with Crippen molar-refractivity contribution >= 4 is 15.9 Å². The Morgan fingerprint density at radius 1 is 1.05 bits per heavy atom. The van der Waals surface area contributed by atoms with E-state index in [0.29, 0.717) is 10.0 Å². The summed E-state index contributed by atoms with van der Waals surface area (Å²) in [4.78, 5) is 0. The molecule has 0 spiro atoms. The lowest BCUT2D eigenvalue weighted by atomic mass is 9.99. The van der Waals surface area contributed by atoms with Crippen LogP contribution in [0, 0.1) is 5.82 Å². The molecular weight excluding hydrogens is 354 g/mol.